The quantitative estimate of drug-likeness (QED) is 0.907. The number of anilines is 1. The molecule has 1 aliphatic carbocycles. The number of rotatable bonds is 5. The Morgan fingerprint density at radius 1 is 1.22 bits per heavy atom. The fraction of sp³-hybridized carbons (Fsp3) is 0.556. The highest BCUT2D eigenvalue weighted by Crippen LogP contribution is 2.27. The standard InChI is InChI=1S/C18H26N2O3/c1-13-8-10-15(11-9-13)20(3)18(22)12-23-17-7-5-4-6-16(17)19-14(2)21/h4-7,13,15H,8-12H2,1-3H3,(H,19,21). The summed E-state index contributed by atoms with van der Waals surface area (Å²) in [5.74, 6) is 1.08. The molecule has 0 aliphatic heterocycles. The molecule has 1 N–H and O–H groups in total. The molecule has 5 heteroatoms. The van der Waals surface area contributed by atoms with E-state index in [1.54, 1.807) is 12.1 Å². The van der Waals surface area contributed by atoms with Crippen molar-refractivity contribution in [1.82, 2.24) is 4.90 Å². The zero-order chi connectivity index (χ0) is 16.8. The lowest BCUT2D eigenvalue weighted by molar-refractivity contribution is -0.134. The summed E-state index contributed by atoms with van der Waals surface area (Å²) in [5, 5.41) is 2.71. The molecule has 2 rings (SSSR count). The summed E-state index contributed by atoms with van der Waals surface area (Å²) < 4.78 is 5.63. The van der Waals surface area contributed by atoms with Crippen LogP contribution in [0.2, 0.25) is 0 Å². The normalized spacial score (nSPS) is 20.7. The fourth-order valence-corrected chi connectivity index (χ4v) is 2.96. The monoisotopic (exact) mass is 318 g/mol. The molecule has 1 saturated carbocycles. The number of amides is 2. The van der Waals surface area contributed by atoms with Crippen LogP contribution >= 0.6 is 0 Å². The van der Waals surface area contributed by atoms with E-state index in [2.05, 4.69) is 12.2 Å². The van der Waals surface area contributed by atoms with E-state index in [0.717, 1.165) is 18.8 Å². The Morgan fingerprint density at radius 3 is 2.52 bits per heavy atom. The van der Waals surface area contributed by atoms with Crippen molar-refractivity contribution >= 4 is 17.5 Å². The van der Waals surface area contributed by atoms with E-state index in [0.29, 0.717) is 17.5 Å². The first-order chi connectivity index (χ1) is 11.0. The summed E-state index contributed by atoms with van der Waals surface area (Å²) in [6.07, 6.45) is 4.47. The van der Waals surface area contributed by atoms with Crippen LogP contribution < -0.4 is 10.1 Å². The Morgan fingerprint density at radius 2 is 1.87 bits per heavy atom. The van der Waals surface area contributed by atoms with Crippen molar-refractivity contribution < 1.29 is 14.3 Å². The fourth-order valence-electron chi connectivity index (χ4n) is 2.96. The van der Waals surface area contributed by atoms with Crippen LogP contribution in [0.25, 0.3) is 0 Å². The molecule has 0 spiro atoms. The van der Waals surface area contributed by atoms with Gasteiger partial charge in [-0.2, -0.15) is 0 Å². The van der Waals surface area contributed by atoms with Gasteiger partial charge in [0.15, 0.2) is 6.61 Å². The molecule has 1 aromatic rings. The lowest BCUT2D eigenvalue weighted by atomic mass is 9.87. The second-order valence-electron chi connectivity index (χ2n) is 6.38. The van der Waals surface area contributed by atoms with E-state index >= 15 is 0 Å². The summed E-state index contributed by atoms with van der Waals surface area (Å²) >= 11 is 0. The van der Waals surface area contributed by atoms with Crippen molar-refractivity contribution in [1.29, 1.82) is 0 Å². The van der Waals surface area contributed by atoms with Crippen molar-refractivity contribution in [2.75, 3.05) is 19.0 Å². The van der Waals surface area contributed by atoms with Crippen LogP contribution in [-0.2, 0) is 9.59 Å². The summed E-state index contributed by atoms with van der Waals surface area (Å²) in [7, 11) is 1.85. The zero-order valence-electron chi connectivity index (χ0n) is 14.2. The summed E-state index contributed by atoms with van der Waals surface area (Å²) in [5.41, 5.74) is 0.585. The Balaban J connectivity index is 1.90. The molecule has 1 aliphatic rings. The topological polar surface area (TPSA) is 58.6 Å². The summed E-state index contributed by atoms with van der Waals surface area (Å²) in [4.78, 5) is 25.4. The molecule has 5 nitrogen and oxygen atoms in total. The van der Waals surface area contributed by atoms with Crippen LogP contribution in [0.5, 0.6) is 5.75 Å². The molecule has 0 aromatic heterocycles. The third-order valence-corrected chi connectivity index (χ3v) is 4.48. The van der Waals surface area contributed by atoms with E-state index in [-0.39, 0.29) is 18.4 Å². The van der Waals surface area contributed by atoms with Gasteiger partial charge < -0.3 is 15.0 Å². The van der Waals surface area contributed by atoms with Crippen molar-refractivity contribution in [2.45, 2.75) is 45.6 Å². The molecule has 23 heavy (non-hydrogen) atoms. The SMILES string of the molecule is CC(=O)Nc1ccccc1OCC(=O)N(C)C1CCC(C)CC1. The van der Waals surface area contributed by atoms with E-state index in [9.17, 15) is 9.59 Å². The number of hydrogen-bond donors (Lipinski definition) is 1. The van der Waals surface area contributed by atoms with Crippen LogP contribution in [-0.4, -0.2) is 36.4 Å². The molecule has 0 unspecified atom stereocenters. The number of para-hydroxylation sites is 2. The van der Waals surface area contributed by atoms with E-state index in [1.807, 2.05) is 24.1 Å². The minimum atomic E-state index is -0.166. The average molecular weight is 318 g/mol. The molecule has 1 aromatic carbocycles. The first kappa shape index (κ1) is 17.3. The number of nitrogens with one attached hydrogen (secondary N) is 1. The highest BCUT2D eigenvalue weighted by atomic mass is 16.5. The highest BCUT2D eigenvalue weighted by Gasteiger charge is 2.25. The summed E-state index contributed by atoms with van der Waals surface area (Å²) in [6.45, 7) is 3.69. The largest absolute Gasteiger partial charge is 0.482 e. The molecule has 0 heterocycles. The van der Waals surface area contributed by atoms with Gasteiger partial charge in [0.2, 0.25) is 5.91 Å². The van der Waals surface area contributed by atoms with Crippen LogP contribution in [0, 0.1) is 5.92 Å². The maximum atomic E-state index is 12.3. The van der Waals surface area contributed by atoms with Crippen molar-refractivity contribution in [3.05, 3.63) is 24.3 Å². The number of benzene rings is 1. The Bertz CT molecular complexity index is 551. The summed E-state index contributed by atoms with van der Waals surface area (Å²) in [6, 6.07) is 7.45. The maximum absolute atomic E-state index is 12.3. The van der Waals surface area contributed by atoms with Gasteiger partial charge in [0, 0.05) is 20.0 Å². The number of ether oxygens (including phenoxy) is 1. The first-order valence-corrected chi connectivity index (χ1v) is 8.22. The molecule has 0 atom stereocenters. The Kier molecular flexibility index (Phi) is 6.02. The molecular formula is C18H26N2O3. The maximum Gasteiger partial charge on any atom is 0.260 e. The van der Waals surface area contributed by atoms with Crippen LogP contribution in [0.3, 0.4) is 0 Å². The molecule has 1 fully saturated rings. The average Bonchev–Trinajstić information content (AvgIpc) is 2.53. The Hall–Kier alpha value is -2.04. The van der Waals surface area contributed by atoms with Crippen LogP contribution in [0.4, 0.5) is 5.69 Å². The van der Waals surface area contributed by atoms with E-state index in [4.69, 9.17) is 4.74 Å². The minimum absolute atomic E-state index is 0.0147. The Labute approximate surface area is 138 Å². The van der Waals surface area contributed by atoms with Gasteiger partial charge in [-0.3, -0.25) is 9.59 Å². The predicted molar refractivity (Wildman–Crippen MR) is 90.4 cm³/mol. The molecular weight excluding hydrogens is 292 g/mol. The van der Waals surface area contributed by atoms with Gasteiger partial charge in [-0.25, -0.2) is 0 Å². The number of hydrogen-bond acceptors (Lipinski definition) is 3. The van der Waals surface area contributed by atoms with E-state index < -0.39 is 0 Å². The van der Waals surface area contributed by atoms with Gasteiger partial charge in [0.25, 0.3) is 5.91 Å². The second kappa shape index (κ2) is 7.99. The van der Waals surface area contributed by atoms with Gasteiger partial charge in [-0.05, 0) is 43.7 Å². The lowest BCUT2D eigenvalue weighted by Gasteiger charge is -2.33. The van der Waals surface area contributed by atoms with Crippen molar-refractivity contribution in [2.24, 2.45) is 5.92 Å². The van der Waals surface area contributed by atoms with Gasteiger partial charge in [0.1, 0.15) is 5.75 Å². The van der Waals surface area contributed by atoms with Crippen LogP contribution in [0.1, 0.15) is 39.5 Å². The van der Waals surface area contributed by atoms with Crippen molar-refractivity contribution in [3.63, 3.8) is 0 Å². The van der Waals surface area contributed by atoms with Gasteiger partial charge in [0.05, 0.1) is 5.69 Å². The molecule has 0 saturated heterocycles. The molecule has 0 radical (unpaired) electrons. The number of carbonyl (C=O) groups excluding carboxylic acids is 2. The van der Waals surface area contributed by atoms with Gasteiger partial charge in [-0.1, -0.05) is 19.1 Å². The predicted octanol–water partition coefficient (Wildman–Crippen LogP) is 3.06. The van der Waals surface area contributed by atoms with Gasteiger partial charge in [-0.15, -0.1) is 0 Å². The third kappa shape index (κ3) is 4.98. The number of nitrogens with zero attached hydrogens (tertiary/aromatic N) is 1. The number of likely N-dealkylation sites (N-methyl/N-ethyl adjacent to an activating group) is 1. The molecule has 126 valence electrons. The van der Waals surface area contributed by atoms with E-state index in [1.165, 1.54) is 19.8 Å². The van der Waals surface area contributed by atoms with Crippen LogP contribution in [0.15, 0.2) is 24.3 Å². The molecule has 2 amide bonds. The highest BCUT2D eigenvalue weighted by molar-refractivity contribution is 5.90. The number of carbonyl (C=O) groups is 2. The third-order valence-electron chi connectivity index (χ3n) is 4.48. The lowest BCUT2D eigenvalue weighted by Crippen LogP contribution is -2.41. The molecule has 0 bridgehead atoms. The van der Waals surface area contributed by atoms with Crippen molar-refractivity contribution in [3.8, 4) is 5.75 Å². The first-order valence-electron chi connectivity index (χ1n) is 8.22. The minimum Gasteiger partial charge on any atom is -0.482 e. The zero-order valence-corrected chi connectivity index (χ0v) is 14.2. The smallest absolute Gasteiger partial charge is 0.260 e. The second-order valence-corrected chi connectivity index (χ2v) is 6.38. The van der Waals surface area contributed by atoms with Gasteiger partial charge >= 0.3 is 0 Å².